The summed E-state index contributed by atoms with van der Waals surface area (Å²) in [5, 5.41) is 20.2. The SMILES string of the molecule is Cc1c([N+](=O)[O-])cnc(N2CC[C@H](O)C2)c1Br. The van der Waals surface area contributed by atoms with Gasteiger partial charge in [0.05, 0.1) is 15.5 Å². The molecule has 0 aromatic carbocycles. The molecule has 1 aliphatic rings. The monoisotopic (exact) mass is 301 g/mol. The highest BCUT2D eigenvalue weighted by Gasteiger charge is 2.26. The maximum atomic E-state index is 10.7. The number of pyridine rings is 1. The zero-order chi connectivity index (χ0) is 12.6. The van der Waals surface area contributed by atoms with Crippen LogP contribution in [-0.4, -0.2) is 34.2 Å². The maximum absolute atomic E-state index is 10.7. The lowest BCUT2D eigenvalue weighted by atomic mass is 10.2. The van der Waals surface area contributed by atoms with E-state index in [4.69, 9.17) is 0 Å². The lowest BCUT2D eigenvalue weighted by Gasteiger charge is -2.18. The molecule has 17 heavy (non-hydrogen) atoms. The van der Waals surface area contributed by atoms with Gasteiger partial charge in [0.2, 0.25) is 0 Å². The third kappa shape index (κ3) is 2.25. The molecule has 0 aliphatic carbocycles. The fourth-order valence-electron chi connectivity index (χ4n) is 1.89. The predicted octanol–water partition coefficient (Wildman–Crippen LogP) is 1.63. The average Bonchev–Trinajstić information content (AvgIpc) is 2.68. The van der Waals surface area contributed by atoms with Gasteiger partial charge in [-0.1, -0.05) is 0 Å². The Bertz CT molecular complexity index is 466. The lowest BCUT2D eigenvalue weighted by Crippen LogP contribution is -2.23. The summed E-state index contributed by atoms with van der Waals surface area (Å²) in [5.74, 6) is 0.657. The topological polar surface area (TPSA) is 79.5 Å². The normalized spacial score (nSPS) is 19.7. The van der Waals surface area contributed by atoms with E-state index in [0.717, 1.165) is 0 Å². The number of halogens is 1. The molecule has 1 aliphatic heterocycles. The fraction of sp³-hybridized carbons (Fsp3) is 0.500. The van der Waals surface area contributed by atoms with E-state index in [0.29, 0.717) is 35.4 Å². The van der Waals surface area contributed by atoms with E-state index >= 15 is 0 Å². The molecule has 1 saturated heterocycles. The van der Waals surface area contributed by atoms with Crippen molar-refractivity contribution < 1.29 is 10.0 Å². The molecule has 1 fully saturated rings. The molecule has 2 rings (SSSR count). The molecule has 7 heteroatoms. The van der Waals surface area contributed by atoms with Crippen LogP contribution in [0.2, 0.25) is 0 Å². The Kier molecular flexibility index (Phi) is 3.30. The van der Waals surface area contributed by atoms with Gasteiger partial charge in [0, 0.05) is 18.7 Å². The van der Waals surface area contributed by atoms with Gasteiger partial charge >= 0.3 is 0 Å². The Labute approximate surface area is 107 Å². The molecular formula is C10H12BrN3O3. The third-order valence-corrected chi connectivity index (χ3v) is 3.83. The summed E-state index contributed by atoms with van der Waals surface area (Å²) >= 11 is 3.34. The van der Waals surface area contributed by atoms with Crippen molar-refractivity contribution in [3.05, 3.63) is 26.3 Å². The fourth-order valence-corrected chi connectivity index (χ4v) is 2.45. The standard InChI is InChI=1S/C10H12BrN3O3/c1-6-8(14(16)17)4-12-10(9(6)11)13-3-2-7(15)5-13/h4,7,15H,2-3,5H2,1H3/t7-/m0/s1. The predicted molar refractivity (Wildman–Crippen MR) is 66.2 cm³/mol. The van der Waals surface area contributed by atoms with E-state index in [2.05, 4.69) is 20.9 Å². The first kappa shape index (κ1) is 12.3. The van der Waals surface area contributed by atoms with Gasteiger partial charge in [-0.25, -0.2) is 4.98 Å². The van der Waals surface area contributed by atoms with Crippen molar-refractivity contribution >= 4 is 27.4 Å². The minimum Gasteiger partial charge on any atom is -0.391 e. The van der Waals surface area contributed by atoms with Crippen LogP contribution in [0.4, 0.5) is 11.5 Å². The second-order valence-corrected chi connectivity index (χ2v) is 4.84. The molecule has 92 valence electrons. The van der Waals surface area contributed by atoms with E-state index in [1.165, 1.54) is 6.20 Å². The quantitative estimate of drug-likeness (QED) is 0.663. The molecule has 6 nitrogen and oxygen atoms in total. The number of anilines is 1. The minimum absolute atomic E-state index is 0.000343. The van der Waals surface area contributed by atoms with Crippen LogP contribution in [0, 0.1) is 17.0 Å². The summed E-state index contributed by atoms with van der Waals surface area (Å²) in [6.45, 7) is 2.91. The summed E-state index contributed by atoms with van der Waals surface area (Å²) < 4.78 is 0.626. The summed E-state index contributed by atoms with van der Waals surface area (Å²) in [5.41, 5.74) is 0.557. The highest BCUT2D eigenvalue weighted by atomic mass is 79.9. The number of aliphatic hydroxyl groups excluding tert-OH is 1. The van der Waals surface area contributed by atoms with E-state index in [1.54, 1.807) is 6.92 Å². The number of β-amino-alcohol motifs (C(OH)–C–C–N with tert-alkyl or cyclic N) is 1. The number of hydrogen-bond acceptors (Lipinski definition) is 5. The zero-order valence-corrected chi connectivity index (χ0v) is 10.8. The molecule has 0 bridgehead atoms. The minimum atomic E-state index is -0.449. The van der Waals surface area contributed by atoms with Gasteiger partial charge in [-0.15, -0.1) is 0 Å². The van der Waals surface area contributed by atoms with Crippen molar-refractivity contribution in [3.63, 3.8) is 0 Å². The van der Waals surface area contributed by atoms with Gasteiger partial charge in [-0.3, -0.25) is 10.1 Å². The molecule has 2 heterocycles. The highest BCUT2D eigenvalue weighted by Crippen LogP contribution is 2.34. The summed E-state index contributed by atoms with van der Waals surface area (Å²) in [6.07, 6.45) is 1.61. The van der Waals surface area contributed by atoms with Gasteiger partial charge in [-0.2, -0.15) is 0 Å². The van der Waals surface area contributed by atoms with Crippen molar-refractivity contribution in [2.45, 2.75) is 19.4 Å². The second-order valence-electron chi connectivity index (χ2n) is 4.05. The Morgan fingerprint density at radius 1 is 1.71 bits per heavy atom. The molecule has 1 N–H and O–H groups in total. The Morgan fingerprint density at radius 2 is 2.41 bits per heavy atom. The van der Waals surface area contributed by atoms with Crippen LogP contribution < -0.4 is 4.90 Å². The molecule has 1 aromatic heterocycles. The smallest absolute Gasteiger partial charge is 0.291 e. The molecule has 0 unspecified atom stereocenters. The number of aromatic nitrogens is 1. The molecule has 0 radical (unpaired) electrons. The van der Waals surface area contributed by atoms with Crippen molar-refractivity contribution in [2.24, 2.45) is 0 Å². The first-order valence-electron chi connectivity index (χ1n) is 5.23. The Morgan fingerprint density at radius 3 is 2.94 bits per heavy atom. The van der Waals surface area contributed by atoms with Crippen molar-refractivity contribution in [1.82, 2.24) is 4.98 Å². The van der Waals surface area contributed by atoms with Crippen LogP contribution in [0.5, 0.6) is 0 Å². The van der Waals surface area contributed by atoms with E-state index < -0.39 is 4.92 Å². The molecule has 0 spiro atoms. The van der Waals surface area contributed by atoms with Crippen LogP contribution in [0.3, 0.4) is 0 Å². The van der Waals surface area contributed by atoms with Crippen LogP contribution >= 0.6 is 15.9 Å². The summed E-state index contributed by atoms with van der Waals surface area (Å²) in [4.78, 5) is 16.3. The van der Waals surface area contributed by atoms with Gasteiger partial charge < -0.3 is 10.0 Å². The Balaban J connectivity index is 2.37. The van der Waals surface area contributed by atoms with Crippen molar-refractivity contribution in [3.8, 4) is 0 Å². The Hall–Kier alpha value is -1.21. The summed E-state index contributed by atoms with van der Waals surface area (Å²) in [7, 11) is 0. The van der Waals surface area contributed by atoms with Crippen LogP contribution in [0.25, 0.3) is 0 Å². The summed E-state index contributed by atoms with van der Waals surface area (Å²) in [6, 6.07) is 0. The molecule has 0 saturated carbocycles. The second kappa shape index (κ2) is 4.58. The molecule has 1 atom stereocenters. The van der Waals surface area contributed by atoms with E-state index in [-0.39, 0.29) is 11.8 Å². The van der Waals surface area contributed by atoms with Gasteiger partial charge in [0.25, 0.3) is 5.69 Å². The van der Waals surface area contributed by atoms with Gasteiger partial charge in [-0.05, 0) is 29.3 Å². The number of rotatable bonds is 2. The highest BCUT2D eigenvalue weighted by molar-refractivity contribution is 9.10. The largest absolute Gasteiger partial charge is 0.391 e. The van der Waals surface area contributed by atoms with Gasteiger partial charge in [0.1, 0.15) is 12.0 Å². The average molecular weight is 302 g/mol. The van der Waals surface area contributed by atoms with E-state index in [1.807, 2.05) is 4.90 Å². The zero-order valence-electron chi connectivity index (χ0n) is 9.26. The molecule has 1 aromatic rings. The number of hydrogen-bond donors (Lipinski definition) is 1. The van der Waals surface area contributed by atoms with Crippen LogP contribution in [0.1, 0.15) is 12.0 Å². The first-order chi connectivity index (χ1) is 8.00. The number of aliphatic hydroxyl groups is 1. The molecule has 0 amide bonds. The van der Waals surface area contributed by atoms with Crippen LogP contribution in [0.15, 0.2) is 10.7 Å². The van der Waals surface area contributed by atoms with Gasteiger partial charge in [0.15, 0.2) is 0 Å². The third-order valence-electron chi connectivity index (χ3n) is 2.88. The van der Waals surface area contributed by atoms with E-state index in [9.17, 15) is 15.2 Å². The van der Waals surface area contributed by atoms with Crippen LogP contribution in [-0.2, 0) is 0 Å². The molecular weight excluding hydrogens is 290 g/mol. The van der Waals surface area contributed by atoms with Crippen molar-refractivity contribution in [2.75, 3.05) is 18.0 Å². The first-order valence-corrected chi connectivity index (χ1v) is 6.02. The maximum Gasteiger partial charge on any atom is 0.291 e. The number of nitrogens with zero attached hydrogens (tertiary/aromatic N) is 3. The number of nitro groups is 1. The lowest BCUT2D eigenvalue weighted by molar-refractivity contribution is -0.385. The van der Waals surface area contributed by atoms with Crippen molar-refractivity contribution in [1.29, 1.82) is 0 Å².